The zero-order chi connectivity index (χ0) is 25.5. The molecular weight excluding hydrogens is 450 g/mol. The Morgan fingerprint density at radius 1 is 0.676 bits per heavy atom. The van der Waals surface area contributed by atoms with E-state index >= 15 is 0 Å². The van der Waals surface area contributed by atoms with Crippen LogP contribution in [-0.2, 0) is 0 Å². The van der Waals surface area contributed by atoms with Crippen molar-refractivity contribution in [3.8, 4) is 6.07 Å². The summed E-state index contributed by atoms with van der Waals surface area (Å²) < 4.78 is 4.42. The number of hydrogen-bond donors (Lipinski definition) is 0. The molecule has 4 aromatic carbocycles. The molecule has 0 aliphatic heterocycles. The van der Waals surface area contributed by atoms with Crippen molar-refractivity contribution in [2.24, 2.45) is 5.92 Å². The van der Waals surface area contributed by atoms with Crippen molar-refractivity contribution in [1.29, 1.82) is 5.26 Å². The number of nitrogens with zero attached hydrogens (tertiary/aromatic N) is 3. The molecule has 0 aliphatic rings. The van der Waals surface area contributed by atoms with Gasteiger partial charge in [-0.25, -0.2) is 0 Å². The van der Waals surface area contributed by atoms with Crippen LogP contribution in [-0.4, -0.2) is 9.13 Å². The fourth-order valence-electron chi connectivity index (χ4n) is 5.50. The highest BCUT2D eigenvalue weighted by molar-refractivity contribution is 6.13. The highest BCUT2D eigenvalue weighted by atomic mass is 15.0. The van der Waals surface area contributed by atoms with Crippen LogP contribution in [0.1, 0.15) is 13.8 Å². The van der Waals surface area contributed by atoms with Crippen LogP contribution in [0, 0.1) is 17.2 Å². The van der Waals surface area contributed by atoms with Gasteiger partial charge in [-0.1, -0.05) is 99.3 Å². The first-order valence-electron chi connectivity index (χ1n) is 12.6. The zero-order valence-electron chi connectivity index (χ0n) is 21.0. The summed E-state index contributed by atoms with van der Waals surface area (Å²) in [5, 5.41) is 15.4. The van der Waals surface area contributed by atoms with Gasteiger partial charge in [0.25, 0.3) is 0 Å². The molecule has 2 aromatic heterocycles. The maximum absolute atomic E-state index is 10.8. The molecule has 0 spiro atoms. The van der Waals surface area contributed by atoms with Crippen LogP contribution in [0.3, 0.4) is 0 Å². The predicted octanol–water partition coefficient (Wildman–Crippen LogP) is 9.02. The number of fused-ring (bicyclic) bond motifs is 6. The van der Waals surface area contributed by atoms with Crippen molar-refractivity contribution in [2.45, 2.75) is 13.8 Å². The zero-order valence-corrected chi connectivity index (χ0v) is 21.0. The Morgan fingerprint density at radius 3 is 1.41 bits per heavy atom. The van der Waals surface area contributed by atoms with E-state index in [-0.39, 0.29) is 5.92 Å². The van der Waals surface area contributed by atoms with Crippen LogP contribution in [0.15, 0.2) is 121 Å². The lowest BCUT2D eigenvalue weighted by molar-refractivity contribution is 0.828. The normalized spacial score (nSPS) is 13.0. The molecule has 6 rings (SSSR count). The second-order valence-electron chi connectivity index (χ2n) is 9.61. The van der Waals surface area contributed by atoms with Gasteiger partial charge in [0.2, 0.25) is 0 Å². The Kier molecular flexibility index (Phi) is 5.51. The third-order valence-corrected chi connectivity index (χ3v) is 6.95. The molecule has 0 atom stereocenters. The topological polar surface area (TPSA) is 33.6 Å². The van der Waals surface area contributed by atoms with E-state index in [2.05, 4.69) is 127 Å². The summed E-state index contributed by atoms with van der Waals surface area (Å²) >= 11 is 0. The molecule has 0 saturated heterocycles. The highest BCUT2D eigenvalue weighted by Crippen LogP contribution is 2.38. The van der Waals surface area contributed by atoms with Crippen molar-refractivity contribution in [3.63, 3.8) is 0 Å². The first kappa shape index (κ1) is 22.6. The maximum atomic E-state index is 10.8. The molecule has 0 aliphatic carbocycles. The van der Waals surface area contributed by atoms with Crippen molar-refractivity contribution >= 4 is 55.0 Å². The first-order valence-corrected chi connectivity index (χ1v) is 12.6. The number of allylic oxidation sites excluding steroid dienone is 5. The smallest absolute Gasteiger partial charge is 0.104 e. The van der Waals surface area contributed by atoms with Gasteiger partial charge in [0.1, 0.15) is 6.07 Å². The van der Waals surface area contributed by atoms with E-state index in [0.29, 0.717) is 5.57 Å². The van der Waals surface area contributed by atoms with Crippen molar-refractivity contribution in [2.75, 3.05) is 0 Å². The average Bonchev–Trinajstić information content (AvgIpc) is 3.44. The van der Waals surface area contributed by atoms with E-state index in [0.717, 1.165) is 44.2 Å². The molecule has 37 heavy (non-hydrogen) atoms. The summed E-state index contributed by atoms with van der Waals surface area (Å²) in [4.78, 5) is 0. The van der Waals surface area contributed by atoms with Gasteiger partial charge in [-0.2, -0.15) is 5.26 Å². The molecule has 0 radical (unpaired) electrons. The average molecular weight is 478 g/mol. The van der Waals surface area contributed by atoms with E-state index in [1.54, 1.807) is 0 Å². The van der Waals surface area contributed by atoms with Crippen LogP contribution in [0.2, 0.25) is 0 Å². The minimum absolute atomic E-state index is 0.225. The molecule has 0 fully saturated rings. The van der Waals surface area contributed by atoms with E-state index < -0.39 is 0 Å². The SMILES string of the molecule is C=C/C(=C(C#N)\C(=C/C(C)C)n1c2ccccc2c2ccccc21)n1c2ccccc2c2ccccc21. The summed E-state index contributed by atoms with van der Waals surface area (Å²) in [6.07, 6.45) is 4.01. The lowest BCUT2D eigenvalue weighted by Crippen LogP contribution is -2.06. The quantitative estimate of drug-likeness (QED) is 0.180. The Labute approximate surface area is 216 Å². The molecule has 3 heteroatoms. The van der Waals surface area contributed by atoms with Gasteiger partial charge in [0.05, 0.1) is 39.0 Å². The van der Waals surface area contributed by atoms with Gasteiger partial charge in [0.15, 0.2) is 0 Å². The monoisotopic (exact) mass is 477 g/mol. The maximum Gasteiger partial charge on any atom is 0.104 e. The van der Waals surface area contributed by atoms with Gasteiger partial charge in [-0.3, -0.25) is 0 Å². The Morgan fingerprint density at radius 2 is 1.05 bits per heavy atom. The molecule has 2 heterocycles. The summed E-state index contributed by atoms with van der Waals surface area (Å²) in [6, 6.07) is 36.1. The molecular formula is C34H27N3. The molecule has 6 aromatic rings. The van der Waals surface area contributed by atoms with Gasteiger partial charge < -0.3 is 9.13 Å². The van der Waals surface area contributed by atoms with E-state index in [9.17, 15) is 5.26 Å². The predicted molar refractivity (Wildman–Crippen MR) is 157 cm³/mol. The molecule has 0 unspecified atom stereocenters. The third kappa shape index (κ3) is 3.50. The van der Waals surface area contributed by atoms with Gasteiger partial charge >= 0.3 is 0 Å². The van der Waals surface area contributed by atoms with Crippen LogP contribution < -0.4 is 0 Å². The second kappa shape index (κ2) is 9.00. The van der Waals surface area contributed by atoms with Crippen LogP contribution in [0.25, 0.3) is 55.0 Å². The number of nitriles is 1. The number of benzene rings is 4. The largest absolute Gasteiger partial charge is 0.308 e. The first-order chi connectivity index (χ1) is 18.1. The standard InChI is InChI=1S/C34H27N3/c1-4-29(36-30-17-9-5-13-24(30)25-14-6-10-18-31(25)36)28(22-35)34(21-23(2)3)37-32-19-11-7-15-26(32)27-16-8-12-20-33(27)37/h4-21,23H,1H2,2-3H3/b29-28+,34-21+. The Bertz CT molecular complexity index is 1830. The summed E-state index contributed by atoms with van der Waals surface area (Å²) in [7, 11) is 0. The third-order valence-electron chi connectivity index (χ3n) is 6.95. The van der Waals surface area contributed by atoms with E-state index in [1.807, 2.05) is 18.2 Å². The Hall–Kier alpha value is -4.81. The van der Waals surface area contributed by atoms with Crippen molar-refractivity contribution < 1.29 is 0 Å². The van der Waals surface area contributed by atoms with Crippen molar-refractivity contribution in [3.05, 3.63) is 121 Å². The van der Waals surface area contributed by atoms with Gasteiger partial charge in [-0.15, -0.1) is 0 Å². The molecule has 0 N–H and O–H groups in total. The highest BCUT2D eigenvalue weighted by Gasteiger charge is 2.21. The number of rotatable bonds is 5. The van der Waals surface area contributed by atoms with Gasteiger partial charge in [0, 0.05) is 21.5 Å². The van der Waals surface area contributed by atoms with Crippen LogP contribution >= 0.6 is 0 Å². The number of aromatic nitrogens is 2. The summed E-state index contributed by atoms with van der Waals surface area (Å²) in [5.74, 6) is 0.225. The molecule has 0 bridgehead atoms. The van der Waals surface area contributed by atoms with Crippen molar-refractivity contribution in [1.82, 2.24) is 9.13 Å². The second-order valence-corrected chi connectivity index (χ2v) is 9.61. The molecule has 0 amide bonds. The minimum atomic E-state index is 0.225. The lowest BCUT2D eigenvalue weighted by Gasteiger charge is -2.18. The van der Waals surface area contributed by atoms with Gasteiger partial charge in [-0.05, 0) is 36.3 Å². The molecule has 0 saturated carbocycles. The Balaban J connectivity index is 1.77. The number of para-hydroxylation sites is 4. The molecule has 3 nitrogen and oxygen atoms in total. The fraction of sp³-hybridized carbons (Fsp3) is 0.0882. The lowest BCUT2D eigenvalue weighted by atomic mass is 10.0. The minimum Gasteiger partial charge on any atom is -0.308 e. The van der Waals surface area contributed by atoms with Crippen LogP contribution in [0.4, 0.5) is 0 Å². The fourth-order valence-corrected chi connectivity index (χ4v) is 5.50. The van der Waals surface area contributed by atoms with E-state index in [1.165, 1.54) is 10.8 Å². The summed E-state index contributed by atoms with van der Waals surface area (Å²) in [5.41, 5.74) is 6.49. The molecule has 178 valence electrons. The van der Waals surface area contributed by atoms with E-state index in [4.69, 9.17) is 0 Å². The number of hydrogen-bond acceptors (Lipinski definition) is 1. The van der Waals surface area contributed by atoms with Crippen LogP contribution in [0.5, 0.6) is 0 Å². The summed E-state index contributed by atoms with van der Waals surface area (Å²) in [6.45, 7) is 8.50.